The Balaban J connectivity index is 1.46. The van der Waals surface area contributed by atoms with Crippen molar-refractivity contribution in [1.29, 1.82) is 0 Å². The molecule has 174 valence electrons. The molecular formula is C24H16Cl5N3O2. The summed E-state index contributed by atoms with van der Waals surface area (Å²) in [5, 5.41) is 3.85. The summed E-state index contributed by atoms with van der Waals surface area (Å²) in [6.07, 6.45) is 3.14. The van der Waals surface area contributed by atoms with Crippen LogP contribution < -0.4 is 5.32 Å². The number of halogens is 5. The van der Waals surface area contributed by atoms with E-state index in [0.717, 1.165) is 0 Å². The Morgan fingerprint density at radius 1 is 1.03 bits per heavy atom. The number of amides is 1. The van der Waals surface area contributed by atoms with Crippen molar-refractivity contribution in [1.82, 2.24) is 4.98 Å². The molecule has 10 heteroatoms. The van der Waals surface area contributed by atoms with Crippen LogP contribution in [0.2, 0.25) is 15.1 Å². The van der Waals surface area contributed by atoms with Crippen molar-refractivity contribution >= 4 is 81.6 Å². The molecule has 5 nitrogen and oxygen atoms in total. The number of nitrogens with zero attached hydrogens (tertiary/aromatic N) is 2. The van der Waals surface area contributed by atoms with Gasteiger partial charge in [0.2, 0.25) is 5.91 Å². The smallest absolute Gasteiger partial charge is 0.231 e. The number of pyridine rings is 1. The summed E-state index contributed by atoms with van der Waals surface area (Å²) >= 11 is 31.2. The lowest BCUT2D eigenvalue weighted by Gasteiger charge is -2.08. The molecule has 1 aliphatic rings. The first-order chi connectivity index (χ1) is 16.2. The third kappa shape index (κ3) is 5.56. The summed E-state index contributed by atoms with van der Waals surface area (Å²) < 4.78 is -1.32. The molecule has 2 aromatic carbocycles. The zero-order valence-corrected chi connectivity index (χ0v) is 21.1. The number of rotatable bonds is 7. The van der Waals surface area contributed by atoms with E-state index in [1.807, 2.05) is 6.07 Å². The fourth-order valence-corrected chi connectivity index (χ4v) is 5.21. The molecule has 1 saturated carbocycles. The molecule has 4 rings (SSSR count). The molecule has 0 radical (unpaired) electrons. The molecule has 1 heterocycles. The minimum atomic E-state index is -1.32. The maximum absolute atomic E-state index is 12.9. The molecule has 2 unspecified atom stereocenters. The van der Waals surface area contributed by atoms with Gasteiger partial charge in [-0.3, -0.25) is 19.6 Å². The molecule has 1 N–H and O–H groups in total. The van der Waals surface area contributed by atoms with Gasteiger partial charge in [0, 0.05) is 39.6 Å². The van der Waals surface area contributed by atoms with E-state index in [9.17, 15) is 9.59 Å². The molecule has 0 spiro atoms. The summed E-state index contributed by atoms with van der Waals surface area (Å²) in [4.78, 5) is 33.8. The quantitative estimate of drug-likeness (QED) is 0.197. The van der Waals surface area contributed by atoms with Crippen molar-refractivity contribution in [3.05, 3.63) is 92.7 Å². The van der Waals surface area contributed by atoms with E-state index in [1.165, 1.54) is 18.3 Å². The molecule has 2 atom stereocenters. The van der Waals surface area contributed by atoms with Gasteiger partial charge in [-0.1, -0.05) is 40.9 Å². The largest absolute Gasteiger partial charge is 0.326 e. The number of alkyl halides is 2. The van der Waals surface area contributed by atoms with Gasteiger partial charge < -0.3 is 5.32 Å². The fraction of sp³-hybridized carbons (Fsp3) is 0.167. The summed E-state index contributed by atoms with van der Waals surface area (Å²) in [5.74, 6) is -1.93. The minimum absolute atomic E-state index is 0.125. The fourth-order valence-electron chi connectivity index (χ4n) is 3.62. The number of aromatic nitrogens is 1. The Kier molecular flexibility index (Phi) is 7.51. The van der Waals surface area contributed by atoms with Crippen LogP contribution in [0.5, 0.6) is 0 Å². The molecule has 0 bridgehead atoms. The van der Waals surface area contributed by atoms with E-state index >= 15 is 0 Å². The number of aliphatic imine (C=N–C) groups is 1. The predicted octanol–water partition coefficient (Wildman–Crippen LogP) is 6.87. The van der Waals surface area contributed by atoms with Crippen molar-refractivity contribution in [3.63, 3.8) is 0 Å². The maximum Gasteiger partial charge on any atom is 0.231 e. The highest BCUT2D eigenvalue weighted by Gasteiger charge is 2.67. The topological polar surface area (TPSA) is 71.4 Å². The molecule has 3 aromatic rings. The van der Waals surface area contributed by atoms with E-state index < -0.39 is 22.1 Å². The molecule has 0 saturated heterocycles. The number of carbonyl (C=O) groups is 2. The van der Waals surface area contributed by atoms with Gasteiger partial charge in [-0.05, 0) is 54.1 Å². The van der Waals surface area contributed by atoms with Crippen molar-refractivity contribution < 1.29 is 9.59 Å². The number of benzene rings is 2. The Bertz CT molecular complexity index is 1260. The monoisotopic (exact) mass is 553 g/mol. The number of nitrogens with one attached hydrogen (secondary N) is 1. The molecule has 1 fully saturated rings. The van der Waals surface area contributed by atoms with Gasteiger partial charge in [0.05, 0.1) is 16.6 Å². The van der Waals surface area contributed by atoms with Gasteiger partial charge in [0.15, 0.2) is 5.78 Å². The molecular weight excluding hydrogens is 540 g/mol. The number of hydrogen-bond donors (Lipinski definition) is 1. The number of Topliss-reactive ketones (excluding diaryl/α,β-unsaturated/α-hetero) is 1. The first-order valence-electron chi connectivity index (χ1n) is 10.0. The van der Waals surface area contributed by atoms with Crippen LogP contribution in [0.4, 0.5) is 5.69 Å². The second kappa shape index (κ2) is 10.2. The van der Waals surface area contributed by atoms with E-state index in [2.05, 4.69) is 15.3 Å². The van der Waals surface area contributed by atoms with Crippen molar-refractivity contribution in [2.75, 3.05) is 11.9 Å². The number of anilines is 1. The van der Waals surface area contributed by atoms with Crippen LogP contribution in [-0.2, 0) is 4.79 Å². The second-order valence-electron chi connectivity index (χ2n) is 7.66. The van der Waals surface area contributed by atoms with Crippen molar-refractivity contribution in [3.8, 4) is 0 Å². The van der Waals surface area contributed by atoms with Crippen LogP contribution in [0.25, 0.3) is 0 Å². The molecule has 1 aliphatic carbocycles. The first-order valence-corrected chi connectivity index (χ1v) is 11.9. The average molecular weight is 556 g/mol. The first kappa shape index (κ1) is 25.0. The van der Waals surface area contributed by atoms with Crippen LogP contribution >= 0.6 is 58.0 Å². The van der Waals surface area contributed by atoms with E-state index in [0.29, 0.717) is 27.0 Å². The van der Waals surface area contributed by atoms with Gasteiger partial charge in [0.25, 0.3) is 0 Å². The lowest BCUT2D eigenvalue weighted by Crippen LogP contribution is -2.17. The van der Waals surface area contributed by atoms with Crippen LogP contribution in [0.3, 0.4) is 0 Å². The summed E-state index contributed by atoms with van der Waals surface area (Å²) in [6, 6.07) is 14.9. The predicted molar refractivity (Wildman–Crippen MR) is 138 cm³/mol. The highest BCUT2D eigenvalue weighted by Crippen LogP contribution is 2.65. The minimum Gasteiger partial charge on any atom is -0.326 e. The standard InChI is InChI=1S/C24H16Cl5N3O2/c25-14-7-13(8-15(26)9-14)21-22(24(21,28)29)23(34)32-16-4-5-19(27)18(10-16)20(33)12-30-11-17-3-1-2-6-31-17/h1-11,21-22H,12H2,(H,32,34). The Labute approximate surface area is 221 Å². The lowest BCUT2D eigenvalue weighted by atomic mass is 10.1. The number of carbonyl (C=O) groups excluding carboxylic acids is 2. The van der Waals surface area contributed by atoms with Gasteiger partial charge >= 0.3 is 0 Å². The molecule has 34 heavy (non-hydrogen) atoms. The zero-order chi connectivity index (χ0) is 24.5. The van der Waals surface area contributed by atoms with Gasteiger partial charge in [-0.15, -0.1) is 23.2 Å². The van der Waals surface area contributed by atoms with Crippen LogP contribution in [0.1, 0.15) is 27.5 Å². The number of hydrogen-bond acceptors (Lipinski definition) is 4. The maximum atomic E-state index is 12.9. The van der Waals surface area contributed by atoms with Gasteiger partial charge in [-0.25, -0.2) is 0 Å². The van der Waals surface area contributed by atoms with E-state index in [-0.39, 0.29) is 22.9 Å². The van der Waals surface area contributed by atoms with E-state index in [1.54, 1.807) is 42.6 Å². The Morgan fingerprint density at radius 2 is 1.76 bits per heavy atom. The second-order valence-corrected chi connectivity index (χ2v) is 10.4. The highest BCUT2D eigenvalue weighted by molar-refractivity contribution is 6.53. The average Bonchev–Trinajstić information content (AvgIpc) is 3.37. The van der Waals surface area contributed by atoms with Crippen LogP contribution in [-0.4, -0.2) is 33.8 Å². The van der Waals surface area contributed by atoms with Gasteiger partial charge in [-0.2, -0.15) is 0 Å². The van der Waals surface area contributed by atoms with Crippen LogP contribution in [0, 0.1) is 5.92 Å². The zero-order valence-electron chi connectivity index (χ0n) is 17.3. The highest BCUT2D eigenvalue weighted by atomic mass is 35.5. The molecule has 0 aliphatic heterocycles. The lowest BCUT2D eigenvalue weighted by molar-refractivity contribution is -0.117. The third-order valence-corrected chi connectivity index (χ3v) is 6.97. The third-order valence-electron chi connectivity index (χ3n) is 5.26. The summed E-state index contributed by atoms with van der Waals surface area (Å²) in [7, 11) is 0. The Morgan fingerprint density at radius 3 is 2.44 bits per heavy atom. The SMILES string of the molecule is O=C(CN=Cc1ccccn1)c1cc(NC(=O)C2C(c3cc(Cl)cc(Cl)c3)C2(Cl)Cl)ccc1Cl. The van der Waals surface area contributed by atoms with Crippen molar-refractivity contribution in [2.24, 2.45) is 10.9 Å². The van der Waals surface area contributed by atoms with E-state index in [4.69, 9.17) is 58.0 Å². The summed E-state index contributed by atoms with van der Waals surface area (Å²) in [5.41, 5.74) is 1.91. The van der Waals surface area contributed by atoms with Gasteiger partial charge in [0.1, 0.15) is 10.9 Å². The normalized spacial score (nSPS) is 18.6. The molecule has 1 amide bonds. The van der Waals surface area contributed by atoms with Crippen LogP contribution in [0.15, 0.2) is 65.8 Å². The number of ketones is 1. The Hall–Kier alpha value is -2.15. The molecule has 1 aromatic heterocycles. The van der Waals surface area contributed by atoms with Crippen molar-refractivity contribution in [2.45, 2.75) is 10.3 Å². The summed E-state index contributed by atoms with van der Waals surface area (Å²) in [6.45, 7) is -0.125.